The number of carbonyl (C=O) groups excluding carboxylic acids is 1. The topological polar surface area (TPSA) is 106 Å². The fourth-order valence-electron chi connectivity index (χ4n) is 2.54. The predicted octanol–water partition coefficient (Wildman–Crippen LogP) is 2.05. The molecule has 3 aromatic rings. The van der Waals surface area contributed by atoms with E-state index in [2.05, 4.69) is 19.8 Å². The molecule has 1 aromatic carbocycles. The van der Waals surface area contributed by atoms with Gasteiger partial charge in [0.1, 0.15) is 0 Å². The fraction of sp³-hybridized carbons (Fsp3) is 0.250. The first kappa shape index (κ1) is 17.0. The number of hydrogen-bond donors (Lipinski definition) is 1. The molecular weight excluding hydrogens is 342 g/mol. The molecule has 25 heavy (non-hydrogen) atoms. The van der Waals surface area contributed by atoms with Gasteiger partial charge in [0.05, 0.1) is 5.69 Å². The number of sulfonamides is 1. The van der Waals surface area contributed by atoms with E-state index in [1.54, 1.807) is 45.0 Å². The highest BCUT2D eigenvalue weighted by Crippen LogP contribution is 2.24. The van der Waals surface area contributed by atoms with Crippen molar-refractivity contribution in [3.05, 3.63) is 46.8 Å². The fourth-order valence-corrected chi connectivity index (χ4v) is 3.56. The second-order valence-corrected chi connectivity index (χ2v) is 7.38. The van der Waals surface area contributed by atoms with Gasteiger partial charge in [0.25, 0.3) is 21.0 Å². The zero-order chi connectivity index (χ0) is 18.4. The maximum atomic E-state index is 12.7. The van der Waals surface area contributed by atoms with Gasteiger partial charge in [-0.3, -0.25) is 9.52 Å². The Morgan fingerprint density at radius 3 is 2.56 bits per heavy atom. The molecule has 0 aliphatic rings. The Hall–Kier alpha value is -2.81. The number of benzene rings is 1. The third kappa shape index (κ3) is 3.10. The van der Waals surface area contributed by atoms with Crippen molar-refractivity contribution in [3.8, 4) is 0 Å². The Kier molecular flexibility index (Phi) is 4.03. The number of carbonyl (C=O) groups is 1. The molecule has 0 aliphatic carbocycles. The van der Waals surface area contributed by atoms with E-state index in [-0.39, 0.29) is 22.8 Å². The van der Waals surface area contributed by atoms with Crippen LogP contribution in [0.2, 0.25) is 0 Å². The van der Waals surface area contributed by atoms with E-state index in [1.165, 1.54) is 11.4 Å². The van der Waals surface area contributed by atoms with Crippen LogP contribution in [-0.4, -0.2) is 33.8 Å². The number of aryl methyl sites for hydroxylation is 3. The van der Waals surface area contributed by atoms with Crippen molar-refractivity contribution in [3.63, 3.8) is 0 Å². The molecule has 0 saturated carbocycles. The second kappa shape index (κ2) is 5.92. The van der Waals surface area contributed by atoms with E-state index < -0.39 is 15.2 Å². The minimum Gasteiger partial charge on any atom is -0.294 e. The molecule has 0 radical (unpaired) electrons. The lowest BCUT2D eigenvalue weighted by Gasteiger charge is -2.11. The molecule has 8 nitrogen and oxygen atoms in total. The van der Waals surface area contributed by atoms with Crippen LogP contribution < -0.4 is 4.72 Å². The van der Waals surface area contributed by atoms with E-state index in [4.69, 9.17) is 0 Å². The molecule has 3 rings (SSSR count). The first-order valence-electron chi connectivity index (χ1n) is 7.53. The maximum Gasteiger partial charge on any atom is 0.299 e. The van der Waals surface area contributed by atoms with Gasteiger partial charge in [0, 0.05) is 17.0 Å². The summed E-state index contributed by atoms with van der Waals surface area (Å²) >= 11 is 0. The Morgan fingerprint density at radius 1 is 1.16 bits per heavy atom. The number of rotatable bonds is 4. The molecule has 0 aliphatic heterocycles. The monoisotopic (exact) mass is 359 g/mol. The number of aromatic nitrogens is 4. The zero-order valence-corrected chi connectivity index (χ0v) is 15.0. The minimum absolute atomic E-state index is 0.203. The summed E-state index contributed by atoms with van der Waals surface area (Å²) < 4.78 is 29.2. The molecule has 130 valence electrons. The van der Waals surface area contributed by atoms with Crippen LogP contribution in [-0.2, 0) is 10.0 Å². The minimum atomic E-state index is -4.07. The molecule has 0 spiro atoms. The van der Waals surface area contributed by atoms with Crippen LogP contribution in [0.3, 0.4) is 0 Å². The van der Waals surface area contributed by atoms with Gasteiger partial charge >= 0.3 is 0 Å². The van der Waals surface area contributed by atoms with Gasteiger partial charge in [-0.15, -0.1) is 5.10 Å². The van der Waals surface area contributed by atoms with Crippen LogP contribution in [0.15, 0.2) is 29.4 Å². The Bertz CT molecular complexity index is 1100. The van der Waals surface area contributed by atoms with Gasteiger partial charge < -0.3 is 0 Å². The lowest BCUT2D eigenvalue weighted by molar-refractivity contribution is 0.101. The molecule has 2 heterocycles. The van der Waals surface area contributed by atoms with E-state index in [1.807, 2.05) is 0 Å². The van der Waals surface area contributed by atoms with Crippen molar-refractivity contribution in [1.82, 2.24) is 19.6 Å². The number of fused-ring (bicyclic) bond motifs is 1. The van der Waals surface area contributed by atoms with Crippen LogP contribution in [0.4, 0.5) is 5.69 Å². The quantitative estimate of drug-likeness (QED) is 0.715. The largest absolute Gasteiger partial charge is 0.299 e. The van der Waals surface area contributed by atoms with Crippen LogP contribution in [0.1, 0.15) is 34.2 Å². The first-order valence-corrected chi connectivity index (χ1v) is 9.02. The van der Waals surface area contributed by atoms with Crippen molar-refractivity contribution in [1.29, 1.82) is 0 Å². The van der Waals surface area contributed by atoms with E-state index >= 15 is 0 Å². The molecule has 1 N–H and O–H groups in total. The van der Waals surface area contributed by atoms with Gasteiger partial charge in [0.2, 0.25) is 0 Å². The molecule has 0 unspecified atom stereocenters. The van der Waals surface area contributed by atoms with Gasteiger partial charge in [-0.25, -0.2) is 9.50 Å². The van der Waals surface area contributed by atoms with E-state index in [0.29, 0.717) is 11.3 Å². The summed E-state index contributed by atoms with van der Waals surface area (Å²) in [5.41, 5.74) is 2.58. The highest BCUT2D eigenvalue weighted by molar-refractivity contribution is 7.92. The third-order valence-electron chi connectivity index (χ3n) is 3.73. The number of hydrogen-bond acceptors (Lipinski definition) is 6. The van der Waals surface area contributed by atoms with Crippen molar-refractivity contribution >= 4 is 27.3 Å². The normalized spacial score (nSPS) is 11.7. The standard InChI is InChI=1S/C16H17N5O3S/c1-9-6-5-7-13(12(4)22)14(9)20-25(23,24)16-18-15-17-10(2)8-11(3)21(15)19-16/h5-8,20H,1-4H3. The SMILES string of the molecule is CC(=O)c1cccc(C)c1NS(=O)(=O)c1nc2nc(C)cc(C)n2n1. The average molecular weight is 359 g/mol. The van der Waals surface area contributed by atoms with Crippen LogP contribution >= 0.6 is 0 Å². The van der Waals surface area contributed by atoms with Crippen LogP contribution in [0.5, 0.6) is 0 Å². The highest BCUT2D eigenvalue weighted by Gasteiger charge is 2.24. The van der Waals surface area contributed by atoms with Crippen molar-refractivity contribution in [2.45, 2.75) is 32.9 Å². The summed E-state index contributed by atoms with van der Waals surface area (Å²) in [6.07, 6.45) is 0. The molecule has 0 fully saturated rings. The molecular formula is C16H17N5O3S. The number of Topliss-reactive ketones (excluding diaryl/α,β-unsaturated/α-hetero) is 1. The van der Waals surface area contributed by atoms with Crippen molar-refractivity contribution in [2.24, 2.45) is 0 Å². The smallest absolute Gasteiger partial charge is 0.294 e. The summed E-state index contributed by atoms with van der Waals surface area (Å²) in [6.45, 7) is 6.68. The number of para-hydroxylation sites is 1. The van der Waals surface area contributed by atoms with Crippen LogP contribution in [0.25, 0.3) is 5.78 Å². The molecule has 2 aromatic heterocycles. The van der Waals surface area contributed by atoms with E-state index in [9.17, 15) is 13.2 Å². The first-order chi connectivity index (χ1) is 11.7. The van der Waals surface area contributed by atoms with Gasteiger partial charge in [-0.05, 0) is 45.4 Å². The second-order valence-electron chi connectivity index (χ2n) is 5.80. The predicted molar refractivity (Wildman–Crippen MR) is 92.2 cm³/mol. The Morgan fingerprint density at radius 2 is 1.88 bits per heavy atom. The summed E-state index contributed by atoms with van der Waals surface area (Å²) in [5, 5.41) is 3.64. The molecule has 0 bridgehead atoms. The summed E-state index contributed by atoms with van der Waals surface area (Å²) in [5.74, 6) is -0.0352. The van der Waals surface area contributed by atoms with Crippen molar-refractivity contribution in [2.75, 3.05) is 4.72 Å². The van der Waals surface area contributed by atoms with Gasteiger partial charge in [-0.1, -0.05) is 12.1 Å². The molecule has 0 amide bonds. The van der Waals surface area contributed by atoms with Crippen molar-refractivity contribution < 1.29 is 13.2 Å². The third-order valence-corrected chi connectivity index (χ3v) is 4.85. The summed E-state index contributed by atoms with van der Waals surface area (Å²) in [4.78, 5) is 20.0. The molecule has 9 heteroatoms. The summed E-state index contributed by atoms with van der Waals surface area (Å²) in [6, 6.07) is 6.76. The Balaban J connectivity index is 2.10. The van der Waals surface area contributed by atoms with Crippen LogP contribution in [0, 0.1) is 20.8 Å². The number of anilines is 1. The van der Waals surface area contributed by atoms with E-state index in [0.717, 1.165) is 5.69 Å². The molecule has 0 atom stereocenters. The zero-order valence-electron chi connectivity index (χ0n) is 14.2. The Labute approximate surface area is 145 Å². The maximum absolute atomic E-state index is 12.7. The summed E-state index contributed by atoms with van der Waals surface area (Å²) in [7, 11) is -4.07. The lowest BCUT2D eigenvalue weighted by atomic mass is 10.1. The number of ketones is 1. The average Bonchev–Trinajstić information content (AvgIpc) is 2.94. The highest BCUT2D eigenvalue weighted by atomic mass is 32.2. The number of nitrogens with one attached hydrogen (secondary N) is 1. The van der Waals surface area contributed by atoms with Gasteiger partial charge in [-0.2, -0.15) is 13.4 Å². The molecule has 0 saturated heterocycles. The lowest BCUT2D eigenvalue weighted by Crippen LogP contribution is -2.17. The number of nitrogens with zero attached hydrogens (tertiary/aromatic N) is 4. The van der Waals surface area contributed by atoms with Gasteiger partial charge in [0.15, 0.2) is 5.78 Å².